The third kappa shape index (κ3) is 5.72. The number of carbonyl (C=O) groups excluding carboxylic acids is 3. The molecule has 1 aliphatic carbocycles. The lowest BCUT2D eigenvalue weighted by Gasteiger charge is -2.32. The Morgan fingerprint density at radius 2 is 2.03 bits per heavy atom. The van der Waals surface area contributed by atoms with E-state index in [-0.39, 0.29) is 37.0 Å². The van der Waals surface area contributed by atoms with Crippen LogP contribution in [0.5, 0.6) is 0 Å². The Morgan fingerprint density at radius 1 is 1.30 bits per heavy atom. The largest absolute Gasteiger partial charge is 0.460 e. The van der Waals surface area contributed by atoms with Crippen LogP contribution in [0.15, 0.2) is 28.2 Å². The Kier molecular flexibility index (Phi) is 6.30. The first-order chi connectivity index (χ1) is 14.2. The van der Waals surface area contributed by atoms with E-state index in [0.717, 1.165) is 12.8 Å². The summed E-state index contributed by atoms with van der Waals surface area (Å²) >= 11 is 0. The molecule has 0 N–H and O–H groups in total. The molecule has 0 unspecified atom stereocenters. The number of piperazine rings is 1. The van der Waals surface area contributed by atoms with Crippen LogP contribution in [0.25, 0.3) is 0 Å². The lowest BCUT2D eigenvalue weighted by atomic mass is 10.1. The first kappa shape index (κ1) is 21.6. The summed E-state index contributed by atoms with van der Waals surface area (Å²) in [5.41, 5.74) is -0.421. The van der Waals surface area contributed by atoms with Crippen molar-refractivity contribution in [1.82, 2.24) is 4.90 Å². The van der Waals surface area contributed by atoms with Gasteiger partial charge in [0.1, 0.15) is 29.5 Å². The molecule has 160 valence electrons. The highest BCUT2D eigenvalue weighted by molar-refractivity contribution is 6.02. The van der Waals surface area contributed by atoms with Gasteiger partial charge in [0.25, 0.3) is 5.91 Å². The highest BCUT2D eigenvalue weighted by Crippen LogP contribution is 2.31. The van der Waals surface area contributed by atoms with Crippen LogP contribution in [0, 0.1) is 17.2 Å². The number of ether oxygens (including phenoxy) is 1. The zero-order valence-electron chi connectivity index (χ0n) is 17.6. The van der Waals surface area contributed by atoms with Gasteiger partial charge in [-0.1, -0.05) is 6.08 Å². The number of nitriles is 1. The van der Waals surface area contributed by atoms with Crippen molar-refractivity contribution in [1.29, 1.82) is 5.26 Å². The number of nitrogens with zero attached hydrogens (tertiary/aromatic N) is 3. The van der Waals surface area contributed by atoms with Crippen molar-refractivity contribution in [2.75, 3.05) is 24.5 Å². The summed E-state index contributed by atoms with van der Waals surface area (Å²) in [6.07, 6.45) is 4.27. The SMILES string of the molecule is CC(C)(C)OC(=O)CCc1ccc(N2CCN(C(=O)/C(C#N)=C\C3CC3)CC2=O)o1. The average molecular weight is 413 g/mol. The number of anilines is 1. The minimum atomic E-state index is -0.534. The molecule has 3 rings (SSSR count). The topological polar surface area (TPSA) is 104 Å². The molecule has 1 aromatic rings. The van der Waals surface area contributed by atoms with E-state index in [4.69, 9.17) is 9.15 Å². The first-order valence-electron chi connectivity index (χ1n) is 10.2. The second-order valence-electron chi connectivity index (χ2n) is 8.63. The maximum Gasteiger partial charge on any atom is 0.306 e. The third-order valence-corrected chi connectivity index (χ3v) is 4.79. The number of furan rings is 1. The molecule has 0 atom stereocenters. The van der Waals surface area contributed by atoms with Crippen LogP contribution in [0.1, 0.15) is 45.8 Å². The van der Waals surface area contributed by atoms with E-state index in [9.17, 15) is 19.6 Å². The molecule has 0 aromatic carbocycles. The van der Waals surface area contributed by atoms with Gasteiger partial charge in [0.15, 0.2) is 0 Å². The molecule has 1 saturated carbocycles. The molecule has 2 amide bonds. The van der Waals surface area contributed by atoms with Crippen LogP contribution >= 0.6 is 0 Å². The molecule has 1 aromatic heterocycles. The predicted molar refractivity (Wildman–Crippen MR) is 108 cm³/mol. The van der Waals surface area contributed by atoms with Crippen molar-refractivity contribution in [3.05, 3.63) is 29.5 Å². The second kappa shape index (κ2) is 8.74. The molecule has 0 bridgehead atoms. The van der Waals surface area contributed by atoms with Gasteiger partial charge >= 0.3 is 5.97 Å². The smallest absolute Gasteiger partial charge is 0.306 e. The first-order valence-corrected chi connectivity index (χ1v) is 10.2. The Hall–Kier alpha value is -3.08. The molecule has 8 heteroatoms. The average Bonchev–Trinajstić information content (AvgIpc) is 3.37. The lowest BCUT2D eigenvalue weighted by molar-refractivity contribution is -0.154. The van der Waals surface area contributed by atoms with E-state index in [1.54, 1.807) is 18.2 Å². The van der Waals surface area contributed by atoms with Crippen molar-refractivity contribution in [3.8, 4) is 6.07 Å². The van der Waals surface area contributed by atoms with E-state index in [2.05, 4.69) is 0 Å². The molecule has 0 spiro atoms. The maximum atomic E-state index is 12.6. The molecule has 0 radical (unpaired) electrons. The standard InChI is InChI=1S/C22H27N3O5/c1-22(2,3)30-20(27)9-7-17-6-8-19(29-17)25-11-10-24(14-18(25)26)21(28)16(13-23)12-15-4-5-15/h6,8,12,15H,4-5,7,9-11,14H2,1-3H3/b16-12-. The molecule has 2 heterocycles. The van der Waals surface area contributed by atoms with Crippen LogP contribution in [0.4, 0.5) is 5.88 Å². The normalized spacial score (nSPS) is 17.7. The quantitative estimate of drug-likeness (QED) is 0.403. The van der Waals surface area contributed by atoms with Gasteiger partial charge in [-0.15, -0.1) is 0 Å². The zero-order valence-corrected chi connectivity index (χ0v) is 17.6. The number of rotatable bonds is 6. The Morgan fingerprint density at radius 3 is 2.63 bits per heavy atom. The van der Waals surface area contributed by atoms with Gasteiger partial charge in [0.2, 0.25) is 11.8 Å². The number of esters is 1. The fourth-order valence-corrected chi connectivity index (χ4v) is 3.17. The van der Waals surface area contributed by atoms with Crippen LogP contribution in [-0.4, -0.2) is 47.9 Å². The molecular formula is C22H27N3O5. The summed E-state index contributed by atoms with van der Waals surface area (Å²) in [6.45, 7) is 5.94. The van der Waals surface area contributed by atoms with Crippen LogP contribution in [0.2, 0.25) is 0 Å². The van der Waals surface area contributed by atoms with E-state index in [1.165, 1.54) is 9.80 Å². The summed E-state index contributed by atoms with van der Waals surface area (Å²) in [7, 11) is 0. The van der Waals surface area contributed by atoms with Gasteiger partial charge in [0.05, 0.1) is 6.42 Å². The molecule has 8 nitrogen and oxygen atoms in total. The number of hydrogen-bond donors (Lipinski definition) is 0. The summed E-state index contributed by atoms with van der Waals surface area (Å²) in [4.78, 5) is 39.9. The Bertz CT molecular complexity index is 899. The predicted octanol–water partition coefficient (Wildman–Crippen LogP) is 2.59. The summed E-state index contributed by atoms with van der Waals surface area (Å²) in [5.74, 6) is 0.307. The number of aryl methyl sites for hydroxylation is 1. The fraction of sp³-hybridized carbons (Fsp3) is 0.545. The lowest BCUT2D eigenvalue weighted by Crippen LogP contribution is -2.52. The highest BCUT2D eigenvalue weighted by Gasteiger charge is 2.32. The van der Waals surface area contributed by atoms with Crippen LogP contribution < -0.4 is 4.90 Å². The summed E-state index contributed by atoms with van der Waals surface area (Å²) in [5, 5.41) is 9.25. The summed E-state index contributed by atoms with van der Waals surface area (Å²) in [6, 6.07) is 5.38. The second-order valence-corrected chi connectivity index (χ2v) is 8.63. The number of carbonyl (C=O) groups is 3. The third-order valence-electron chi connectivity index (χ3n) is 4.79. The molecule has 1 saturated heterocycles. The zero-order chi connectivity index (χ0) is 21.9. The highest BCUT2D eigenvalue weighted by atomic mass is 16.6. The van der Waals surface area contributed by atoms with Gasteiger partial charge in [-0.2, -0.15) is 5.26 Å². The maximum absolute atomic E-state index is 12.6. The van der Waals surface area contributed by atoms with Gasteiger partial charge in [-0.05, 0) is 45.6 Å². The fourth-order valence-electron chi connectivity index (χ4n) is 3.17. The van der Waals surface area contributed by atoms with Crippen LogP contribution in [0.3, 0.4) is 0 Å². The van der Waals surface area contributed by atoms with Gasteiger partial charge < -0.3 is 14.1 Å². The van der Waals surface area contributed by atoms with Crippen molar-refractivity contribution in [2.45, 2.75) is 52.1 Å². The van der Waals surface area contributed by atoms with E-state index in [0.29, 0.717) is 30.5 Å². The van der Waals surface area contributed by atoms with Gasteiger partial charge in [-0.25, -0.2) is 0 Å². The Labute approximate surface area is 176 Å². The van der Waals surface area contributed by atoms with E-state index in [1.807, 2.05) is 26.8 Å². The summed E-state index contributed by atoms with van der Waals surface area (Å²) < 4.78 is 11.0. The minimum Gasteiger partial charge on any atom is -0.460 e. The minimum absolute atomic E-state index is 0.101. The number of allylic oxidation sites excluding steroid dienone is 1. The van der Waals surface area contributed by atoms with Crippen molar-refractivity contribution in [3.63, 3.8) is 0 Å². The van der Waals surface area contributed by atoms with E-state index < -0.39 is 11.5 Å². The molecule has 2 fully saturated rings. The monoisotopic (exact) mass is 413 g/mol. The van der Waals surface area contributed by atoms with E-state index >= 15 is 0 Å². The van der Waals surface area contributed by atoms with Gasteiger partial charge in [0, 0.05) is 25.6 Å². The van der Waals surface area contributed by atoms with Crippen molar-refractivity contribution in [2.24, 2.45) is 5.92 Å². The van der Waals surface area contributed by atoms with Crippen molar-refractivity contribution >= 4 is 23.7 Å². The Balaban J connectivity index is 1.55. The molecular weight excluding hydrogens is 386 g/mol. The van der Waals surface area contributed by atoms with Crippen molar-refractivity contribution < 1.29 is 23.5 Å². The number of hydrogen-bond acceptors (Lipinski definition) is 6. The molecule has 2 aliphatic rings. The van der Waals surface area contributed by atoms with Crippen LogP contribution in [-0.2, 0) is 25.5 Å². The van der Waals surface area contributed by atoms with Gasteiger partial charge in [-0.3, -0.25) is 19.3 Å². The number of amides is 2. The molecule has 1 aliphatic heterocycles. The molecule has 30 heavy (non-hydrogen) atoms.